The highest BCUT2D eigenvalue weighted by Crippen LogP contribution is 2.61. The molecule has 3 heterocycles. The minimum Gasteiger partial charge on any atom is -0.455 e. The molecule has 3 amide bonds. The van der Waals surface area contributed by atoms with Crippen LogP contribution in [-0.4, -0.2) is 105 Å². The van der Waals surface area contributed by atoms with E-state index in [0.29, 0.717) is 31.5 Å². The maximum atomic E-state index is 14.7. The van der Waals surface area contributed by atoms with E-state index in [9.17, 15) is 24.3 Å². The van der Waals surface area contributed by atoms with E-state index in [1.165, 1.54) is 4.90 Å². The monoisotopic (exact) mass is 743 g/mol. The van der Waals surface area contributed by atoms with Gasteiger partial charge in [0.1, 0.15) is 17.7 Å². The third-order valence-electron chi connectivity index (χ3n) is 10.6. The summed E-state index contributed by atoms with van der Waals surface area (Å²) in [4.78, 5) is 61.4. The van der Waals surface area contributed by atoms with Crippen LogP contribution in [0.2, 0.25) is 0 Å². The number of hydrogen-bond donors (Lipinski definition) is 1. The van der Waals surface area contributed by atoms with Gasteiger partial charge in [0.15, 0.2) is 0 Å². The summed E-state index contributed by atoms with van der Waals surface area (Å²) in [5.74, 6) is -3.55. The van der Waals surface area contributed by atoms with Crippen LogP contribution in [0, 0.1) is 17.8 Å². The lowest BCUT2D eigenvalue weighted by molar-refractivity contribution is -0.165. The van der Waals surface area contributed by atoms with E-state index in [-0.39, 0.29) is 41.5 Å². The smallest absolute Gasteiger partial charge is 0.313 e. The molecule has 1 spiro atoms. The van der Waals surface area contributed by atoms with Crippen molar-refractivity contribution in [3.05, 3.63) is 61.2 Å². The highest BCUT2D eigenvalue weighted by atomic mass is 79.9. The second-order valence-electron chi connectivity index (χ2n) is 14.0. The van der Waals surface area contributed by atoms with Crippen molar-refractivity contribution in [3.8, 4) is 0 Å². The number of allylic oxidation sites excluding steroid dienone is 1. The molecular weight excluding hydrogens is 690 g/mol. The third-order valence-corrected chi connectivity index (χ3v) is 11.5. The Bertz CT molecular complexity index is 1360. The molecule has 0 aliphatic carbocycles. The number of carbonyl (C=O) groups is 4. The quantitative estimate of drug-likeness (QED) is 0.0968. The minimum atomic E-state index is -1.30. The lowest BCUT2D eigenvalue weighted by Crippen LogP contribution is -2.60. The normalized spacial score (nSPS) is 27.4. The summed E-state index contributed by atoms with van der Waals surface area (Å²) in [6, 6.07) is 7.02. The molecule has 4 rings (SSSR count). The number of halogens is 1. The standard InChI is InChI=1S/C38H54BrN3O7/c1-8-11-16-21-41(20-10-3)36(46)34-38-22-27(39)33(49-38)30(31(38)35(45)42(34)28(23-43)24(4)5)37(47)48-32(26-17-14-13-15-18-26)25(6)40(7)29(44)19-12-9-2/h9-10,13-15,17-18,24-25,27-28,30-34,43H,2-3,8,11-12,16,19-23H2,1,4-7H3/t25-,27?,28-,30+,31-,32+,33+,34+,38-/m0/s1. The van der Waals surface area contributed by atoms with E-state index in [4.69, 9.17) is 9.47 Å². The zero-order valence-corrected chi connectivity index (χ0v) is 31.2. The molecule has 0 radical (unpaired) electrons. The van der Waals surface area contributed by atoms with Gasteiger partial charge in [-0.1, -0.05) is 92.0 Å². The number of nitrogens with zero attached hydrogens (tertiary/aromatic N) is 3. The van der Waals surface area contributed by atoms with Gasteiger partial charge in [0.05, 0.1) is 36.6 Å². The van der Waals surface area contributed by atoms with Crippen molar-refractivity contribution < 1.29 is 33.8 Å². The van der Waals surface area contributed by atoms with Gasteiger partial charge in [-0.15, -0.1) is 13.2 Å². The van der Waals surface area contributed by atoms with Gasteiger partial charge in [-0.25, -0.2) is 0 Å². The number of ether oxygens (including phenoxy) is 2. The van der Waals surface area contributed by atoms with E-state index >= 15 is 0 Å². The first kappa shape index (κ1) is 38.8. The number of rotatable bonds is 18. The van der Waals surface area contributed by atoms with Crippen molar-refractivity contribution in [1.29, 1.82) is 0 Å². The van der Waals surface area contributed by atoms with Crippen LogP contribution >= 0.6 is 15.9 Å². The number of hydrogen-bond acceptors (Lipinski definition) is 7. The van der Waals surface area contributed by atoms with Crippen LogP contribution < -0.4 is 0 Å². The first-order chi connectivity index (χ1) is 23.4. The van der Waals surface area contributed by atoms with Crippen molar-refractivity contribution in [2.24, 2.45) is 17.8 Å². The Labute approximate surface area is 300 Å². The maximum absolute atomic E-state index is 14.7. The van der Waals surface area contributed by atoms with Gasteiger partial charge in [0.25, 0.3) is 0 Å². The van der Waals surface area contributed by atoms with Crippen LogP contribution in [0.3, 0.4) is 0 Å². The van der Waals surface area contributed by atoms with E-state index in [1.807, 2.05) is 51.1 Å². The average Bonchev–Trinajstić information content (AvgIpc) is 3.68. The van der Waals surface area contributed by atoms with Crippen molar-refractivity contribution in [1.82, 2.24) is 14.7 Å². The molecule has 1 aromatic carbocycles. The fourth-order valence-corrected chi connectivity index (χ4v) is 8.83. The minimum absolute atomic E-state index is 0.109. The Morgan fingerprint density at radius 2 is 1.86 bits per heavy atom. The molecule has 1 aromatic rings. The number of carbonyl (C=O) groups excluding carboxylic acids is 4. The van der Waals surface area contributed by atoms with Gasteiger partial charge in [-0.3, -0.25) is 19.2 Å². The van der Waals surface area contributed by atoms with Crippen LogP contribution in [0.5, 0.6) is 0 Å². The lowest BCUT2D eigenvalue weighted by atomic mass is 9.70. The molecule has 10 nitrogen and oxygen atoms in total. The largest absolute Gasteiger partial charge is 0.455 e. The molecule has 3 saturated heterocycles. The topological polar surface area (TPSA) is 117 Å². The Kier molecular flexibility index (Phi) is 13.3. The predicted molar refractivity (Wildman–Crippen MR) is 192 cm³/mol. The number of benzene rings is 1. The Morgan fingerprint density at radius 1 is 1.16 bits per heavy atom. The first-order valence-corrected chi connectivity index (χ1v) is 18.6. The number of likely N-dealkylation sites (tertiary alicyclic amines) is 1. The van der Waals surface area contributed by atoms with Crippen LogP contribution in [-0.2, 0) is 28.7 Å². The van der Waals surface area contributed by atoms with Crippen molar-refractivity contribution in [3.63, 3.8) is 0 Å². The summed E-state index contributed by atoms with van der Waals surface area (Å²) in [7, 11) is 1.69. The summed E-state index contributed by atoms with van der Waals surface area (Å²) < 4.78 is 13.1. The number of esters is 1. The Hall–Kier alpha value is -3.02. The second-order valence-corrected chi connectivity index (χ2v) is 15.2. The third kappa shape index (κ3) is 7.54. The molecule has 1 unspecified atom stereocenters. The SMILES string of the molecule is C=CCCC(=O)N(C)[C@@H](C)[C@@H](OC(=O)[C@H]1[C@@H]2O[C@@]3(CC2Br)[C@@H]1C(=O)N([C@@H](CO)C(C)C)[C@@H]3C(=O)N(CC=C)CCCCC)c1ccccc1. The molecule has 49 heavy (non-hydrogen) atoms. The van der Waals surface area contributed by atoms with Gasteiger partial charge in [-0.05, 0) is 37.7 Å². The summed E-state index contributed by atoms with van der Waals surface area (Å²) in [6.45, 7) is 15.8. The number of aliphatic hydroxyl groups is 1. The fourth-order valence-electron chi connectivity index (χ4n) is 7.89. The maximum Gasteiger partial charge on any atom is 0.313 e. The predicted octanol–water partition coefficient (Wildman–Crippen LogP) is 5.05. The number of amides is 3. The molecule has 2 bridgehead atoms. The highest BCUT2D eigenvalue weighted by Gasteiger charge is 2.77. The number of fused-ring (bicyclic) bond motifs is 1. The average molecular weight is 745 g/mol. The van der Waals surface area contributed by atoms with Crippen molar-refractivity contribution >= 4 is 39.6 Å². The van der Waals surface area contributed by atoms with Gasteiger partial charge in [0.2, 0.25) is 17.7 Å². The summed E-state index contributed by atoms with van der Waals surface area (Å²) in [5, 5.41) is 10.6. The molecule has 0 saturated carbocycles. The highest BCUT2D eigenvalue weighted by molar-refractivity contribution is 9.09. The number of likely N-dealkylation sites (N-methyl/N-ethyl adjacent to an activating group) is 1. The van der Waals surface area contributed by atoms with Crippen molar-refractivity contribution in [2.75, 3.05) is 26.7 Å². The molecule has 11 heteroatoms. The van der Waals surface area contributed by atoms with E-state index in [1.54, 1.807) is 29.0 Å². The second kappa shape index (κ2) is 16.8. The fraction of sp³-hybridized carbons (Fsp3) is 0.632. The van der Waals surface area contributed by atoms with Gasteiger partial charge in [0, 0.05) is 31.4 Å². The zero-order valence-electron chi connectivity index (χ0n) is 29.6. The first-order valence-electron chi connectivity index (χ1n) is 17.7. The van der Waals surface area contributed by atoms with Gasteiger partial charge in [-0.2, -0.15) is 0 Å². The summed E-state index contributed by atoms with van der Waals surface area (Å²) >= 11 is 3.75. The number of unbranched alkanes of at least 4 members (excludes halogenated alkanes) is 2. The van der Waals surface area contributed by atoms with Gasteiger partial charge < -0.3 is 29.3 Å². The van der Waals surface area contributed by atoms with Crippen LogP contribution in [0.15, 0.2) is 55.6 Å². The van der Waals surface area contributed by atoms with Crippen LogP contribution in [0.25, 0.3) is 0 Å². The molecule has 270 valence electrons. The van der Waals surface area contributed by atoms with Crippen LogP contribution in [0.1, 0.15) is 77.9 Å². The molecule has 3 fully saturated rings. The number of alkyl halides is 1. The molecule has 3 aliphatic heterocycles. The molecule has 1 N–H and O–H groups in total. The summed E-state index contributed by atoms with van der Waals surface area (Å²) in [6.07, 6.45) is 5.69. The van der Waals surface area contributed by atoms with E-state index < -0.39 is 53.7 Å². The molecular formula is C38H54BrN3O7. The van der Waals surface area contributed by atoms with E-state index in [2.05, 4.69) is 36.0 Å². The van der Waals surface area contributed by atoms with Gasteiger partial charge >= 0.3 is 5.97 Å². The molecule has 3 aliphatic rings. The lowest BCUT2D eigenvalue weighted by Gasteiger charge is -2.40. The number of aliphatic hydroxyl groups excluding tert-OH is 1. The summed E-state index contributed by atoms with van der Waals surface area (Å²) in [5.41, 5.74) is -0.588. The Balaban J connectivity index is 1.74. The van der Waals surface area contributed by atoms with Crippen LogP contribution in [0.4, 0.5) is 0 Å². The van der Waals surface area contributed by atoms with E-state index in [0.717, 1.165) is 19.3 Å². The zero-order chi connectivity index (χ0) is 36.0. The molecule has 9 atom stereocenters. The Morgan fingerprint density at radius 3 is 2.45 bits per heavy atom. The molecule has 0 aromatic heterocycles. The van der Waals surface area contributed by atoms with Crippen molar-refractivity contribution in [2.45, 2.75) is 107 Å².